The predicted octanol–water partition coefficient (Wildman–Crippen LogP) is 3.43. The summed E-state index contributed by atoms with van der Waals surface area (Å²) in [6, 6.07) is 5.57. The number of anilines is 1. The molecule has 0 bridgehead atoms. The van der Waals surface area contributed by atoms with Gasteiger partial charge in [-0.2, -0.15) is 4.98 Å². The highest BCUT2D eigenvalue weighted by atomic mass is 79.9. The average molecular weight is 401 g/mol. The van der Waals surface area contributed by atoms with E-state index < -0.39 is 0 Å². The van der Waals surface area contributed by atoms with Crippen LogP contribution in [-0.4, -0.2) is 32.8 Å². The summed E-state index contributed by atoms with van der Waals surface area (Å²) in [4.78, 5) is 33.6. The first-order valence-electron chi connectivity index (χ1n) is 6.55. The Bertz CT molecular complexity index is 786. The van der Waals surface area contributed by atoms with Crippen molar-refractivity contribution in [1.29, 1.82) is 0 Å². The lowest BCUT2D eigenvalue weighted by Gasteiger charge is -2.17. The van der Waals surface area contributed by atoms with Crippen LogP contribution in [0.3, 0.4) is 0 Å². The van der Waals surface area contributed by atoms with Crippen molar-refractivity contribution in [3.63, 3.8) is 0 Å². The molecule has 1 fully saturated rings. The van der Waals surface area contributed by atoms with Gasteiger partial charge in [-0.15, -0.1) is 0 Å². The smallest absolute Gasteiger partial charge is 0.229 e. The molecule has 5 nitrogen and oxygen atoms in total. The Hall–Kier alpha value is -1.18. The van der Waals surface area contributed by atoms with Crippen molar-refractivity contribution in [3.05, 3.63) is 28.0 Å². The van der Waals surface area contributed by atoms with Crippen LogP contribution in [0, 0.1) is 0 Å². The maximum Gasteiger partial charge on any atom is 0.229 e. The summed E-state index contributed by atoms with van der Waals surface area (Å²) in [6.45, 7) is 1.95. The lowest BCUT2D eigenvalue weighted by atomic mass is 10.2. The summed E-state index contributed by atoms with van der Waals surface area (Å²) < 4.78 is 0.789. The van der Waals surface area contributed by atoms with Gasteiger partial charge in [0, 0.05) is 35.0 Å². The van der Waals surface area contributed by atoms with Gasteiger partial charge in [-0.3, -0.25) is 14.5 Å². The van der Waals surface area contributed by atoms with Crippen LogP contribution < -0.4 is 4.90 Å². The van der Waals surface area contributed by atoms with E-state index in [2.05, 4.69) is 25.9 Å². The Labute approximate surface area is 144 Å². The normalized spacial score (nSPS) is 18.2. The summed E-state index contributed by atoms with van der Waals surface area (Å²) >= 11 is 10.6. The minimum atomic E-state index is -0.0604. The van der Waals surface area contributed by atoms with Crippen molar-refractivity contribution in [2.45, 2.75) is 18.6 Å². The van der Waals surface area contributed by atoms with E-state index in [-0.39, 0.29) is 21.6 Å². The van der Waals surface area contributed by atoms with Crippen LogP contribution in [0.4, 0.5) is 5.82 Å². The van der Waals surface area contributed by atoms with E-state index in [0.29, 0.717) is 24.3 Å². The van der Waals surface area contributed by atoms with Gasteiger partial charge in [0.25, 0.3) is 0 Å². The van der Waals surface area contributed by atoms with E-state index in [0.717, 1.165) is 9.86 Å². The Morgan fingerprint density at radius 3 is 2.95 bits per heavy atom. The van der Waals surface area contributed by atoms with Gasteiger partial charge in [-0.05, 0) is 39.7 Å². The molecule has 8 heteroatoms. The van der Waals surface area contributed by atoms with Crippen molar-refractivity contribution in [3.8, 4) is 0 Å². The van der Waals surface area contributed by atoms with Crippen LogP contribution in [0.1, 0.15) is 13.3 Å². The highest BCUT2D eigenvalue weighted by Crippen LogP contribution is 2.34. The Morgan fingerprint density at radius 1 is 1.45 bits per heavy atom. The first kappa shape index (κ1) is 15.7. The molecular weight excluding hydrogens is 390 g/mol. The van der Waals surface area contributed by atoms with Crippen LogP contribution >= 0.6 is 39.3 Å². The second-order valence-electron chi connectivity index (χ2n) is 4.89. The number of hydrogen-bond acceptors (Lipinski definition) is 5. The van der Waals surface area contributed by atoms with Crippen molar-refractivity contribution in [1.82, 2.24) is 9.97 Å². The molecule has 0 saturated carbocycles. The average Bonchev–Trinajstić information content (AvgIpc) is 2.79. The maximum atomic E-state index is 12.3. The van der Waals surface area contributed by atoms with E-state index >= 15 is 0 Å². The second-order valence-corrected chi connectivity index (χ2v) is 7.56. The van der Waals surface area contributed by atoms with Crippen LogP contribution in [0.5, 0.6) is 0 Å². The zero-order valence-corrected chi connectivity index (χ0v) is 14.7. The zero-order valence-electron chi connectivity index (χ0n) is 11.5. The molecule has 1 unspecified atom stereocenters. The van der Waals surface area contributed by atoms with Crippen molar-refractivity contribution in [2.75, 3.05) is 11.4 Å². The van der Waals surface area contributed by atoms with Gasteiger partial charge >= 0.3 is 0 Å². The molecule has 114 valence electrons. The molecule has 3 rings (SSSR count). The van der Waals surface area contributed by atoms with E-state index in [1.54, 1.807) is 4.90 Å². The first-order chi connectivity index (χ1) is 10.5. The number of hydrogen-bond donors (Lipinski definition) is 0. The molecule has 1 aliphatic heterocycles. The van der Waals surface area contributed by atoms with E-state index in [1.807, 2.05) is 18.2 Å². The molecule has 0 N–H and O–H groups in total. The molecule has 1 atom stereocenters. The van der Waals surface area contributed by atoms with Crippen molar-refractivity contribution >= 4 is 67.0 Å². The standard InChI is InChI=1S/C14H11BrClN3O2S/c1-7(20)22-8-5-11(21)19(6-8)13-9-3-2-4-10(15)12(9)17-14(16)18-13/h2-4,8H,5-6H2,1H3. The quantitative estimate of drug-likeness (QED) is 0.723. The summed E-state index contributed by atoms with van der Waals surface area (Å²) in [5.41, 5.74) is 0.660. The number of nitrogens with zero attached hydrogens (tertiary/aromatic N) is 3. The molecule has 1 aromatic heterocycles. The minimum absolute atomic E-state index is 0.00738. The number of benzene rings is 1. The number of para-hydroxylation sites is 1. The van der Waals surface area contributed by atoms with E-state index in [9.17, 15) is 9.59 Å². The van der Waals surface area contributed by atoms with Crippen LogP contribution in [0.2, 0.25) is 5.28 Å². The zero-order chi connectivity index (χ0) is 15.9. The SMILES string of the molecule is CC(=O)SC1CC(=O)N(c2nc(Cl)nc3c(Br)cccc23)C1. The Kier molecular flexibility index (Phi) is 4.38. The highest BCUT2D eigenvalue weighted by Gasteiger charge is 2.34. The molecular formula is C14H11BrClN3O2S. The molecule has 0 spiro atoms. The number of thioether (sulfide) groups is 1. The van der Waals surface area contributed by atoms with Crippen LogP contribution in [0.25, 0.3) is 10.9 Å². The monoisotopic (exact) mass is 399 g/mol. The Morgan fingerprint density at radius 2 is 2.23 bits per heavy atom. The summed E-state index contributed by atoms with van der Waals surface area (Å²) in [7, 11) is 0. The molecule has 2 heterocycles. The molecule has 1 saturated heterocycles. The van der Waals surface area contributed by atoms with Gasteiger partial charge in [-0.1, -0.05) is 17.8 Å². The van der Waals surface area contributed by atoms with Gasteiger partial charge in [0.05, 0.1) is 5.52 Å². The third-order valence-electron chi connectivity index (χ3n) is 3.31. The number of halogens is 2. The van der Waals surface area contributed by atoms with Crippen molar-refractivity contribution in [2.24, 2.45) is 0 Å². The van der Waals surface area contributed by atoms with E-state index in [1.165, 1.54) is 18.7 Å². The lowest BCUT2D eigenvalue weighted by molar-refractivity contribution is -0.117. The molecule has 1 amide bonds. The van der Waals surface area contributed by atoms with Gasteiger partial charge in [0.1, 0.15) is 5.82 Å². The molecule has 2 aromatic rings. The lowest BCUT2D eigenvalue weighted by Crippen LogP contribution is -2.26. The Balaban J connectivity index is 2.05. The molecule has 1 aromatic carbocycles. The molecule has 22 heavy (non-hydrogen) atoms. The molecule has 0 aliphatic carbocycles. The first-order valence-corrected chi connectivity index (χ1v) is 8.60. The molecule has 1 aliphatic rings. The fraction of sp³-hybridized carbons (Fsp3) is 0.286. The summed E-state index contributed by atoms with van der Waals surface area (Å²) in [5, 5.41) is 0.791. The minimum Gasteiger partial charge on any atom is -0.295 e. The van der Waals surface area contributed by atoms with Crippen LogP contribution in [0.15, 0.2) is 22.7 Å². The summed E-state index contributed by atoms with van der Waals surface area (Å²) in [5.74, 6) is 0.433. The fourth-order valence-corrected chi connectivity index (χ4v) is 4.01. The number of carbonyl (C=O) groups is 2. The van der Waals surface area contributed by atoms with Gasteiger partial charge in [0.2, 0.25) is 11.2 Å². The number of amides is 1. The third-order valence-corrected chi connectivity index (χ3v) is 5.10. The maximum absolute atomic E-state index is 12.3. The number of carbonyl (C=O) groups excluding carboxylic acids is 2. The number of rotatable bonds is 2. The molecule has 0 radical (unpaired) electrons. The summed E-state index contributed by atoms with van der Waals surface area (Å²) in [6.07, 6.45) is 0.321. The number of aromatic nitrogens is 2. The van der Waals surface area contributed by atoms with E-state index in [4.69, 9.17) is 11.6 Å². The number of fused-ring (bicyclic) bond motifs is 1. The topological polar surface area (TPSA) is 63.2 Å². The second kappa shape index (κ2) is 6.14. The van der Waals surface area contributed by atoms with Crippen molar-refractivity contribution < 1.29 is 9.59 Å². The van der Waals surface area contributed by atoms with Gasteiger partial charge < -0.3 is 0 Å². The van der Waals surface area contributed by atoms with Crippen LogP contribution in [-0.2, 0) is 9.59 Å². The fourth-order valence-electron chi connectivity index (χ4n) is 2.47. The van der Waals surface area contributed by atoms with Gasteiger partial charge in [-0.25, -0.2) is 4.98 Å². The highest BCUT2D eigenvalue weighted by molar-refractivity contribution is 9.10. The third kappa shape index (κ3) is 2.98. The van der Waals surface area contributed by atoms with Gasteiger partial charge in [0.15, 0.2) is 5.12 Å². The predicted molar refractivity (Wildman–Crippen MR) is 91.3 cm³/mol. The largest absolute Gasteiger partial charge is 0.295 e.